The summed E-state index contributed by atoms with van der Waals surface area (Å²) >= 11 is -0.826. The Morgan fingerprint density at radius 3 is 2.12 bits per heavy atom. The Hall–Kier alpha value is 0.660. The molecule has 6 heteroatoms. The van der Waals surface area contributed by atoms with Crippen molar-refractivity contribution in [1.82, 2.24) is 4.57 Å². The fourth-order valence-electron chi connectivity index (χ4n) is 3.76. The quantitative estimate of drug-likeness (QED) is 0.556. The maximum atomic E-state index is 10.9. The normalized spacial score (nSPS) is 16.4. The van der Waals surface area contributed by atoms with Gasteiger partial charge < -0.3 is 9.67 Å². The number of halogens is 2. The van der Waals surface area contributed by atoms with Gasteiger partial charge in [0.2, 0.25) is 0 Å². The number of benzene rings is 1. The first-order valence-electron chi connectivity index (χ1n) is 9.09. The summed E-state index contributed by atoms with van der Waals surface area (Å²) in [5, 5.41) is 12.1. The third kappa shape index (κ3) is 6.35. The van der Waals surface area contributed by atoms with E-state index >= 15 is 0 Å². The van der Waals surface area contributed by atoms with Crippen LogP contribution < -0.4 is 5.19 Å². The molecule has 1 saturated carbocycles. The van der Waals surface area contributed by atoms with Crippen LogP contribution in [0.3, 0.4) is 0 Å². The molecule has 0 heterocycles. The summed E-state index contributed by atoms with van der Waals surface area (Å²) in [4.78, 5) is 0. The Morgan fingerprint density at radius 2 is 1.64 bits per heavy atom. The fourth-order valence-corrected chi connectivity index (χ4v) is 6.53. The molecule has 1 aromatic carbocycles. The summed E-state index contributed by atoms with van der Waals surface area (Å²) in [5.74, 6) is 0.536. The monoisotopic (exact) mass is 479 g/mol. The van der Waals surface area contributed by atoms with Gasteiger partial charge in [0.15, 0.2) is 8.24 Å². The zero-order chi connectivity index (χ0) is 19.3. The second kappa shape index (κ2) is 10.3. The molecule has 0 unspecified atom stereocenters. The number of para-hydroxylation sites is 1. The SMILES string of the molecule is CN(C1CCCCC1)[Si](C)(C)c1cccc(C(C)(C)C)c1O.[Cl][Zr][Cl]. The first kappa shape index (κ1) is 23.7. The van der Waals surface area contributed by atoms with Gasteiger partial charge in [-0.3, -0.25) is 0 Å². The molecule has 0 spiro atoms. The molecule has 1 aliphatic rings. The minimum atomic E-state index is -1.84. The average molecular weight is 482 g/mol. The van der Waals surface area contributed by atoms with E-state index in [0.717, 1.165) is 5.56 Å². The van der Waals surface area contributed by atoms with Crippen molar-refractivity contribution in [2.45, 2.75) is 77.4 Å². The van der Waals surface area contributed by atoms with Crippen LogP contribution in [0.4, 0.5) is 0 Å². The minimum absolute atomic E-state index is 0.0199. The molecule has 1 fully saturated rings. The average Bonchev–Trinajstić information content (AvgIpc) is 2.54. The van der Waals surface area contributed by atoms with Crippen LogP contribution in [-0.2, 0) is 26.3 Å². The topological polar surface area (TPSA) is 23.5 Å². The van der Waals surface area contributed by atoms with Crippen LogP contribution in [0.15, 0.2) is 18.2 Å². The summed E-state index contributed by atoms with van der Waals surface area (Å²) in [7, 11) is 10.3. The summed E-state index contributed by atoms with van der Waals surface area (Å²) in [6.07, 6.45) is 6.72. The summed E-state index contributed by atoms with van der Waals surface area (Å²) in [6, 6.07) is 7.03. The van der Waals surface area contributed by atoms with Crippen LogP contribution >= 0.6 is 17.0 Å². The van der Waals surface area contributed by atoms with Crippen molar-refractivity contribution in [2.75, 3.05) is 7.05 Å². The van der Waals surface area contributed by atoms with Crippen LogP contribution in [0, 0.1) is 0 Å². The van der Waals surface area contributed by atoms with E-state index in [4.69, 9.17) is 17.0 Å². The number of hydrogen-bond acceptors (Lipinski definition) is 2. The Labute approximate surface area is 174 Å². The van der Waals surface area contributed by atoms with Crippen LogP contribution in [-0.4, -0.2) is 31.0 Å². The molecular weight excluding hydrogens is 448 g/mol. The summed E-state index contributed by atoms with van der Waals surface area (Å²) < 4.78 is 2.62. The molecule has 0 aromatic heterocycles. The van der Waals surface area contributed by atoms with E-state index in [2.05, 4.69) is 63.7 Å². The van der Waals surface area contributed by atoms with Crippen molar-refractivity contribution >= 4 is 30.4 Å². The number of phenolic OH excluding ortho intramolecular Hbond substituents is 1. The van der Waals surface area contributed by atoms with E-state index in [0.29, 0.717) is 11.8 Å². The Bertz CT molecular complexity index is 543. The van der Waals surface area contributed by atoms with Crippen molar-refractivity contribution in [1.29, 1.82) is 0 Å². The summed E-state index contributed by atoms with van der Waals surface area (Å²) in [6.45, 7) is 11.3. The second-order valence-corrected chi connectivity index (χ2v) is 16.6. The van der Waals surface area contributed by atoms with E-state index in [1.165, 1.54) is 37.3 Å². The van der Waals surface area contributed by atoms with E-state index < -0.39 is 29.1 Å². The second-order valence-electron chi connectivity index (χ2n) is 8.48. The van der Waals surface area contributed by atoms with Gasteiger partial charge in [0.1, 0.15) is 5.75 Å². The number of phenols is 1. The molecule has 0 aliphatic heterocycles. The molecule has 0 saturated heterocycles. The van der Waals surface area contributed by atoms with E-state index in [9.17, 15) is 5.11 Å². The summed E-state index contributed by atoms with van der Waals surface area (Å²) in [5.41, 5.74) is 1.05. The third-order valence-electron chi connectivity index (χ3n) is 5.51. The van der Waals surface area contributed by atoms with Gasteiger partial charge in [-0.15, -0.1) is 0 Å². The van der Waals surface area contributed by atoms with Crippen molar-refractivity contribution in [3.63, 3.8) is 0 Å². The Kier molecular flexibility index (Phi) is 9.74. The van der Waals surface area contributed by atoms with Crippen LogP contribution in [0.25, 0.3) is 0 Å². The number of nitrogens with zero attached hydrogens (tertiary/aromatic N) is 1. The molecule has 2 rings (SSSR count). The number of aromatic hydroxyl groups is 1. The van der Waals surface area contributed by atoms with E-state index in [1.807, 2.05) is 0 Å². The molecular formula is C19H33Cl2NOSiZr. The van der Waals surface area contributed by atoms with E-state index in [-0.39, 0.29) is 5.41 Å². The fraction of sp³-hybridized carbons (Fsp3) is 0.684. The molecule has 142 valence electrons. The molecule has 1 aliphatic carbocycles. The van der Waals surface area contributed by atoms with Crippen LogP contribution in [0.1, 0.15) is 58.4 Å². The zero-order valence-electron chi connectivity index (χ0n) is 16.5. The predicted molar refractivity (Wildman–Crippen MR) is 110 cm³/mol. The van der Waals surface area contributed by atoms with Gasteiger partial charge in [0.05, 0.1) is 0 Å². The van der Waals surface area contributed by atoms with Gasteiger partial charge in [-0.2, -0.15) is 0 Å². The molecule has 0 bridgehead atoms. The zero-order valence-corrected chi connectivity index (χ0v) is 21.5. The standard InChI is InChI=1S/C19H33NOSi.2ClH.Zr/c1-19(2,3)16-13-10-14-17(18(16)21)22(5,6)20(4)15-11-8-7-9-12-15;;;/h10,13-15,21H,7-9,11-12H2,1-6H3;2*1H;/q;;;+2/p-2. The van der Waals surface area contributed by atoms with Crippen molar-refractivity contribution in [3.8, 4) is 5.75 Å². The molecule has 2 nitrogen and oxygen atoms in total. The molecule has 0 amide bonds. The van der Waals surface area contributed by atoms with Crippen LogP contribution in [0.5, 0.6) is 5.75 Å². The molecule has 1 aromatic rings. The van der Waals surface area contributed by atoms with Gasteiger partial charge in [-0.05, 0) is 36.1 Å². The molecule has 0 atom stereocenters. The van der Waals surface area contributed by atoms with Gasteiger partial charge in [-0.1, -0.05) is 71.3 Å². The predicted octanol–water partition coefficient (Wildman–Crippen LogP) is 5.74. The Balaban J connectivity index is 0.000000970. The number of hydrogen-bond donors (Lipinski definition) is 1. The maximum absolute atomic E-state index is 10.9. The molecule has 1 N–H and O–H groups in total. The van der Waals surface area contributed by atoms with Gasteiger partial charge >= 0.3 is 37.9 Å². The first-order chi connectivity index (χ1) is 11.6. The van der Waals surface area contributed by atoms with Crippen molar-refractivity contribution < 1.29 is 26.0 Å². The Morgan fingerprint density at radius 1 is 1.12 bits per heavy atom. The molecule has 25 heavy (non-hydrogen) atoms. The van der Waals surface area contributed by atoms with Crippen molar-refractivity contribution in [2.24, 2.45) is 0 Å². The first-order valence-corrected chi connectivity index (χ1v) is 18.4. The van der Waals surface area contributed by atoms with Gasteiger partial charge in [0, 0.05) is 6.04 Å². The number of rotatable bonds is 3. The van der Waals surface area contributed by atoms with Gasteiger partial charge in [-0.25, -0.2) is 0 Å². The van der Waals surface area contributed by atoms with E-state index in [1.54, 1.807) is 0 Å². The van der Waals surface area contributed by atoms with Crippen LogP contribution in [0.2, 0.25) is 13.1 Å². The molecule has 0 radical (unpaired) electrons. The van der Waals surface area contributed by atoms with Gasteiger partial charge in [0.25, 0.3) is 0 Å². The third-order valence-corrected chi connectivity index (χ3v) is 9.36. The van der Waals surface area contributed by atoms with Crippen molar-refractivity contribution in [3.05, 3.63) is 23.8 Å².